The Labute approximate surface area is 90.5 Å². The largest absolute Gasteiger partial charge is 0.307 e. The second kappa shape index (κ2) is 4.45. The van der Waals surface area contributed by atoms with Crippen LogP contribution >= 0.6 is 11.3 Å². The van der Waals surface area contributed by atoms with Crippen molar-refractivity contribution in [3.63, 3.8) is 0 Å². The molecule has 2 atom stereocenters. The van der Waals surface area contributed by atoms with Crippen LogP contribution in [0.3, 0.4) is 0 Å². The van der Waals surface area contributed by atoms with E-state index in [1.165, 1.54) is 24.1 Å². The predicted octanol–water partition coefficient (Wildman–Crippen LogP) is 3.59. The molecule has 0 saturated heterocycles. The molecule has 0 spiro atoms. The first-order valence-electron chi connectivity index (χ1n) is 5.55. The fourth-order valence-corrected chi connectivity index (χ4v) is 2.71. The highest BCUT2D eigenvalue weighted by Gasteiger charge is 2.24. The topological polar surface area (TPSA) is 12.0 Å². The Balaban J connectivity index is 1.78. The van der Waals surface area contributed by atoms with Crippen molar-refractivity contribution in [2.45, 2.75) is 45.2 Å². The van der Waals surface area contributed by atoms with Gasteiger partial charge in [0.1, 0.15) is 0 Å². The minimum Gasteiger partial charge on any atom is -0.307 e. The van der Waals surface area contributed by atoms with Crippen LogP contribution in [-0.2, 0) is 0 Å². The minimum absolute atomic E-state index is 0.517. The third-order valence-electron chi connectivity index (χ3n) is 2.89. The zero-order valence-electron chi connectivity index (χ0n) is 8.99. The molecule has 0 radical (unpaired) electrons. The van der Waals surface area contributed by atoms with E-state index in [4.69, 9.17) is 0 Å². The molecule has 1 aliphatic rings. The summed E-state index contributed by atoms with van der Waals surface area (Å²) in [5.41, 5.74) is 0. The summed E-state index contributed by atoms with van der Waals surface area (Å²) in [5.74, 6) is 1.02. The quantitative estimate of drug-likeness (QED) is 0.781. The van der Waals surface area contributed by atoms with Crippen molar-refractivity contribution in [2.24, 2.45) is 5.92 Å². The number of thiophene rings is 1. The Morgan fingerprint density at radius 2 is 2.29 bits per heavy atom. The summed E-state index contributed by atoms with van der Waals surface area (Å²) in [7, 11) is 0. The van der Waals surface area contributed by atoms with Crippen LogP contribution < -0.4 is 5.32 Å². The fraction of sp³-hybridized carbons (Fsp3) is 0.667. The van der Waals surface area contributed by atoms with Crippen LogP contribution in [0.2, 0.25) is 0 Å². The van der Waals surface area contributed by atoms with Crippen LogP contribution in [0.4, 0.5) is 0 Å². The molecule has 1 aromatic heterocycles. The summed E-state index contributed by atoms with van der Waals surface area (Å²) in [6, 6.07) is 5.53. The molecule has 1 nitrogen and oxygen atoms in total. The molecule has 0 aliphatic heterocycles. The molecule has 2 rings (SSSR count). The second-order valence-corrected chi connectivity index (χ2v) is 5.46. The zero-order valence-corrected chi connectivity index (χ0v) is 9.81. The van der Waals surface area contributed by atoms with E-state index in [0.717, 1.165) is 5.92 Å². The smallest absolute Gasteiger partial charge is 0.0388 e. The lowest BCUT2D eigenvalue weighted by Gasteiger charge is -2.18. The third-order valence-corrected chi connectivity index (χ3v) is 3.94. The molecular formula is C12H19NS. The third kappa shape index (κ3) is 2.82. The minimum atomic E-state index is 0.517. The molecule has 0 amide bonds. The number of nitrogens with one attached hydrogen (secondary N) is 1. The van der Waals surface area contributed by atoms with Gasteiger partial charge in [-0.05, 0) is 37.6 Å². The van der Waals surface area contributed by atoms with E-state index in [-0.39, 0.29) is 0 Å². The van der Waals surface area contributed by atoms with Gasteiger partial charge in [0.15, 0.2) is 0 Å². The first-order chi connectivity index (χ1) is 6.75. The molecule has 1 heterocycles. The molecule has 14 heavy (non-hydrogen) atoms. The fourth-order valence-electron chi connectivity index (χ4n) is 1.97. The molecule has 2 heteroatoms. The van der Waals surface area contributed by atoms with Gasteiger partial charge in [0.05, 0.1) is 0 Å². The zero-order chi connectivity index (χ0) is 9.97. The molecule has 1 aliphatic carbocycles. The van der Waals surface area contributed by atoms with Crippen LogP contribution in [0.1, 0.15) is 44.0 Å². The maximum Gasteiger partial charge on any atom is 0.0388 e. The van der Waals surface area contributed by atoms with Crippen molar-refractivity contribution in [2.75, 3.05) is 0 Å². The lowest BCUT2D eigenvalue weighted by molar-refractivity contribution is 0.442. The second-order valence-electron chi connectivity index (χ2n) is 4.48. The molecule has 1 fully saturated rings. The molecule has 0 aromatic carbocycles. The number of hydrogen-bond donors (Lipinski definition) is 1. The van der Waals surface area contributed by atoms with Crippen LogP contribution in [0.25, 0.3) is 0 Å². The van der Waals surface area contributed by atoms with Gasteiger partial charge < -0.3 is 5.32 Å². The lowest BCUT2D eigenvalue weighted by atomic mass is 10.1. The summed E-state index contributed by atoms with van der Waals surface area (Å²) < 4.78 is 0. The van der Waals surface area contributed by atoms with Crippen LogP contribution in [-0.4, -0.2) is 6.04 Å². The molecule has 1 saturated carbocycles. The highest BCUT2D eigenvalue weighted by Crippen LogP contribution is 2.33. The van der Waals surface area contributed by atoms with E-state index in [1.807, 2.05) is 11.3 Å². The van der Waals surface area contributed by atoms with Crippen molar-refractivity contribution in [1.82, 2.24) is 5.32 Å². The molecule has 0 bridgehead atoms. The van der Waals surface area contributed by atoms with E-state index < -0.39 is 0 Å². The molecule has 1 N–H and O–H groups in total. The van der Waals surface area contributed by atoms with Gasteiger partial charge in [0.25, 0.3) is 0 Å². The maximum absolute atomic E-state index is 3.66. The van der Waals surface area contributed by atoms with E-state index in [9.17, 15) is 0 Å². The van der Waals surface area contributed by atoms with Crippen molar-refractivity contribution in [3.8, 4) is 0 Å². The Bertz CT molecular complexity index is 264. The van der Waals surface area contributed by atoms with E-state index in [0.29, 0.717) is 12.1 Å². The van der Waals surface area contributed by atoms with Gasteiger partial charge in [-0.2, -0.15) is 0 Å². The monoisotopic (exact) mass is 209 g/mol. The van der Waals surface area contributed by atoms with Gasteiger partial charge in [0.2, 0.25) is 0 Å². The standard InChI is InChI=1S/C12H19NS/c1-9(8-11-5-6-11)13-10(2)12-4-3-7-14-12/h3-4,7,9-11,13H,5-6,8H2,1-2H3/t9?,10-/m0/s1. The van der Waals surface area contributed by atoms with Crippen LogP contribution in [0.15, 0.2) is 17.5 Å². The highest BCUT2D eigenvalue weighted by molar-refractivity contribution is 7.10. The van der Waals surface area contributed by atoms with Gasteiger partial charge >= 0.3 is 0 Å². The SMILES string of the molecule is CC(CC1CC1)N[C@@H](C)c1cccs1. The molecule has 1 aromatic rings. The van der Waals surface area contributed by atoms with E-state index in [1.54, 1.807) is 0 Å². The molecule has 78 valence electrons. The lowest BCUT2D eigenvalue weighted by Crippen LogP contribution is -2.28. The van der Waals surface area contributed by atoms with Crippen molar-refractivity contribution < 1.29 is 0 Å². The van der Waals surface area contributed by atoms with E-state index in [2.05, 4.69) is 36.7 Å². The molecular weight excluding hydrogens is 190 g/mol. The van der Waals surface area contributed by atoms with Crippen LogP contribution in [0, 0.1) is 5.92 Å². The van der Waals surface area contributed by atoms with Gasteiger partial charge in [-0.25, -0.2) is 0 Å². The normalized spacial score (nSPS) is 20.7. The van der Waals surface area contributed by atoms with Gasteiger partial charge in [-0.15, -0.1) is 11.3 Å². The maximum atomic E-state index is 3.66. The highest BCUT2D eigenvalue weighted by atomic mass is 32.1. The van der Waals surface area contributed by atoms with Gasteiger partial charge in [0, 0.05) is 17.0 Å². The Hall–Kier alpha value is -0.340. The average Bonchev–Trinajstić information content (AvgIpc) is 2.80. The first-order valence-corrected chi connectivity index (χ1v) is 6.43. The van der Waals surface area contributed by atoms with Crippen molar-refractivity contribution >= 4 is 11.3 Å². The number of hydrogen-bond acceptors (Lipinski definition) is 2. The Morgan fingerprint density at radius 3 is 2.86 bits per heavy atom. The van der Waals surface area contributed by atoms with Gasteiger partial charge in [-0.3, -0.25) is 0 Å². The summed E-state index contributed by atoms with van der Waals surface area (Å²) in [6.45, 7) is 4.57. The summed E-state index contributed by atoms with van der Waals surface area (Å²) in [4.78, 5) is 1.45. The first kappa shape index (κ1) is 10.2. The summed E-state index contributed by atoms with van der Waals surface area (Å²) >= 11 is 1.85. The van der Waals surface area contributed by atoms with Crippen molar-refractivity contribution in [3.05, 3.63) is 22.4 Å². The van der Waals surface area contributed by atoms with E-state index >= 15 is 0 Å². The summed E-state index contributed by atoms with van der Waals surface area (Å²) in [6.07, 6.45) is 4.27. The average molecular weight is 209 g/mol. The molecule has 1 unspecified atom stereocenters. The van der Waals surface area contributed by atoms with Crippen molar-refractivity contribution in [1.29, 1.82) is 0 Å². The summed E-state index contributed by atoms with van der Waals surface area (Å²) in [5, 5.41) is 5.82. The number of rotatable bonds is 5. The predicted molar refractivity (Wildman–Crippen MR) is 62.7 cm³/mol. The van der Waals surface area contributed by atoms with Crippen LogP contribution in [0.5, 0.6) is 0 Å². The Morgan fingerprint density at radius 1 is 1.50 bits per heavy atom. The van der Waals surface area contributed by atoms with Gasteiger partial charge in [-0.1, -0.05) is 18.9 Å². The Kier molecular flexibility index (Phi) is 3.24.